The van der Waals surface area contributed by atoms with Crippen LogP contribution >= 0.6 is 31.2 Å². The summed E-state index contributed by atoms with van der Waals surface area (Å²) in [6, 6.07) is 5.80. The summed E-state index contributed by atoms with van der Waals surface area (Å²) in [6.45, 7) is 2.04. The van der Waals surface area contributed by atoms with Crippen molar-refractivity contribution in [2.75, 3.05) is 0 Å². The molecule has 1 aromatic rings. The summed E-state index contributed by atoms with van der Waals surface area (Å²) in [6.07, 6.45) is 0. The molecule has 1 unspecified atom stereocenters. The zero-order valence-corrected chi connectivity index (χ0v) is 8.73. The van der Waals surface area contributed by atoms with Crippen molar-refractivity contribution in [2.45, 2.75) is 6.92 Å². The molecule has 0 aliphatic carbocycles. The lowest BCUT2D eigenvalue weighted by Crippen LogP contribution is -1.95. The Hall–Kier alpha value is 0.0900. The SMILES string of the molecule is Cc1ccc(OSCl)cc1P. The normalized spacial score (nSPS) is 9.73. The van der Waals surface area contributed by atoms with E-state index in [1.54, 1.807) is 0 Å². The van der Waals surface area contributed by atoms with Gasteiger partial charge < -0.3 is 4.18 Å². The Labute approximate surface area is 77.4 Å². The van der Waals surface area contributed by atoms with Crippen LogP contribution < -0.4 is 9.49 Å². The molecular formula is C7H8ClOPS. The third kappa shape index (κ3) is 2.55. The van der Waals surface area contributed by atoms with Gasteiger partial charge in [-0.2, -0.15) is 0 Å². The van der Waals surface area contributed by atoms with Crippen LogP contribution in [0.25, 0.3) is 0 Å². The van der Waals surface area contributed by atoms with Crippen molar-refractivity contribution in [3.63, 3.8) is 0 Å². The summed E-state index contributed by atoms with van der Waals surface area (Å²) < 4.78 is 5.01. The number of hydrogen-bond donors (Lipinski definition) is 0. The first-order valence-corrected chi connectivity index (χ1v) is 5.20. The second-order valence-electron chi connectivity index (χ2n) is 2.16. The summed E-state index contributed by atoms with van der Waals surface area (Å²) in [5, 5.41) is 1.13. The highest BCUT2D eigenvalue weighted by Crippen LogP contribution is 2.18. The maximum atomic E-state index is 5.32. The molecule has 1 atom stereocenters. The largest absolute Gasteiger partial charge is 0.409 e. The summed E-state index contributed by atoms with van der Waals surface area (Å²) in [4.78, 5) is 0. The van der Waals surface area contributed by atoms with Gasteiger partial charge >= 0.3 is 0 Å². The standard InChI is InChI=1S/C7H8ClOPS/c1-5-2-3-6(9-11-8)4-7(5)10/h2-4H,10H2,1H3. The van der Waals surface area contributed by atoms with E-state index < -0.39 is 0 Å². The smallest absolute Gasteiger partial charge is 0.166 e. The zero-order chi connectivity index (χ0) is 8.27. The predicted octanol–water partition coefficient (Wildman–Crippen LogP) is 2.68. The van der Waals surface area contributed by atoms with Crippen LogP contribution in [0.2, 0.25) is 0 Å². The summed E-state index contributed by atoms with van der Waals surface area (Å²) in [5.41, 5.74) is 1.22. The zero-order valence-electron chi connectivity index (χ0n) is 6.00. The molecule has 60 valence electrons. The van der Waals surface area contributed by atoms with Crippen LogP contribution in [0.3, 0.4) is 0 Å². The van der Waals surface area contributed by atoms with Gasteiger partial charge in [0.25, 0.3) is 0 Å². The van der Waals surface area contributed by atoms with E-state index in [1.807, 2.05) is 25.1 Å². The minimum atomic E-state index is 0.778. The molecule has 0 aliphatic rings. The molecule has 0 saturated carbocycles. The van der Waals surface area contributed by atoms with Crippen molar-refractivity contribution < 1.29 is 4.18 Å². The fourth-order valence-electron chi connectivity index (χ4n) is 0.707. The molecule has 0 saturated heterocycles. The average molecular weight is 207 g/mol. The lowest BCUT2D eigenvalue weighted by molar-refractivity contribution is 0.656. The van der Waals surface area contributed by atoms with Gasteiger partial charge in [-0.3, -0.25) is 0 Å². The highest BCUT2D eigenvalue weighted by molar-refractivity contribution is 8.17. The van der Waals surface area contributed by atoms with Gasteiger partial charge in [0, 0.05) is 10.7 Å². The first-order chi connectivity index (χ1) is 5.24. The topological polar surface area (TPSA) is 9.23 Å². The second-order valence-corrected chi connectivity index (χ2v) is 3.46. The Bertz CT molecular complexity index is 254. The van der Waals surface area contributed by atoms with Crippen LogP contribution in [-0.2, 0) is 0 Å². The minimum Gasteiger partial charge on any atom is -0.409 e. The third-order valence-corrected chi connectivity index (χ3v) is 2.44. The molecule has 0 bridgehead atoms. The Morgan fingerprint density at radius 2 is 2.27 bits per heavy atom. The summed E-state index contributed by atoms with van der Waals surface area (Å²) in [5.74, 6) is 0.778. The number of aryl methyl sites for hydroxylation is 1. The van der Waals surface area contributed by atoms with E-state index in [9.17, 15) is 0 Å². The first-order valence-electron chi connectivity index (χ1n) is 3.05. The maximum absolute atomic E-state index is 5.32. The van der Waals surface area contributed by atoms with Gasteiger partial charge in [0.1, 0.15) is 5.75 Å². The number of halogens is 1. The number of rotatable bonds is 2. The van der Waals surface area contributed by atoms with E-state index in [1.165, 1.54) is 5.56 Å². The highest BCUT2D eigenvalue weighted by Gasteiger charge is 1.96. The Morgan fingerprint density at radius 1 is 1.55 bits per heavy atom. The Balaban J connectivity index is 2.86. The molecule has 1 aromatic carbocycles. The van der Waals surface area contributed by atoms with Gasteiger partial charge in [-0.25, -0.2) is 0 Å². The van der Waals surface area contributed by atoms with Crippen LogP contribution in [0.15, 0.2) is 18.2 Å². The molecular weight excluding hydrogens is 199 g/mol. The molecule has 0 fully saturated rings. The predicted molar refractivity (Wildman–Crippen MR) is 54.6 cm³/mol. The molecule has 0 aliphatic heterocycles. The number of benzene rings is 1. The van der Waals surface area contributed by atoms with Crippen LogP contribution in [-0.4, -0.2) is 0 Å². The van der Waals surface area contributed by atoms with E-state index in [-0.39, 0.29) is 0 Å². The minimum absolute atomic E-state index is 0.778. The van der Waals surface area contributed by atoms with E-state index in [0.29, 0.717) is 0 Å². The molecule has 0 spiro atoms. The Kier molecular flexibility index (Phi) is 3.50. The van der Waals surface area contributed by atoms with Gasteiger partial charge in [-0.15, -0.1) is 9.24 Å². The molecule has 1 rings (SSSR count). The molecule has 0 heterocycles. The van der Waals surface area contributed by atoms with Crippen molar-refractivity contribution in [3.05, 3.63) is 23.8 Å². The van der Waals surface area contributed by atoms with Crippen LogP contribution in [0.1, 0.15) is 5.56 Å². The van der Waals surface area contributed by atoms with Gasteiger partial charge in [0.15, 0.2) is 11.3 Å². The second kappa shape index (κ2) is 4.20. The lowest BCUT2D eigenvalue weighted by atomic mass is 10.2. The molecule has 11 heavy (non-hydrogen) atoms. The number of hydrogen-bond acceptors (Lipinski definition) is 2. The van der Waals surface area contributed by atoms with Crippen molar-refractivity contribution in [1.82, 2.24) is 0 Å². The van der Waals surface area contributed by atoms with Crippen LogP contribution in [0.4, 0.5) is 0 Å². The molecule has 0 aromatic heterocycles. The quantitative estimate of drug-likeness (QED) is 0.544. The molecule has 0 radical (unpaired) electrons. The van der Waals surface area contributed by atoms with Crippen molar-refractivity contribution >= 4 is 36.5 Å². The first kappa shape index (κ1) is 9.18. The molecule has 1 nitrogen and oxygen atoms in total. The van der Waals surface area contributed by atoms with Gasteiger partial charge in [0.05, 0.1) is 0 Å². The van der Waals surface area contributed by atoms with E-state index in [0.717, 1.165) is 22.3 Å². The highest BCUT2D eigenvalue weighted by atomic mass is 35.7. The lowest BCUT2D eigenvalue weighted by Gasteiger charge is -2.02. The fourth-order valence-corrected chi connectivity index (χ4v) is 1.36. The average Bonchev–Trinajstić information content (AvgIpc) is 1.98. The molecule has 4 heteroatoms. The van der Waals surface area contributed by atoms with Gasteiger partial charge in [0.2, 0.25) is 0 Å². The molecule has 0 N–H and O–H groups in total. The molecule has 0 amide bonds. The fraction of sp³-hybridized carbons (Fsp3) is 0.143. The van der Waals surface area contributed by atoms with Gasteiger partial charge in [-0.05, 0) is 29.9 Å². The Morgan fingerprint density at radius 3 is 2.82 bits per heavy atom. The maximum Gasteiger partial charge on any atom is 0.166 e. The van der Waals surface area contributed by atoms with Crippen LogP contribution in [0, 0.1) is 6.92 Å². The van der Waals surface area contributed by atoms with E-state index >= 15 is 0 Å². The van der Waals surface area contributed by atoms with Gasteiger partial charge in [-0.1, -0.05) is 6.07 Å². The third-order valence-electron chi connectivity index (χ3n) is 1.38. The van der Waals surface area contributed by atoms with Crippen LogP contribution in [0.5, 0.6) is 5.75 Å². The summed E-state index contributed by atoms with van der Waals surface area (Å²) >= 11 is 0.832. The monoisotopic (exact) mass is 206 g/mol. The van der Waals surface area contributed by atoms with E-state index in [2.05, 4.69) is 9.24 Å². The summed E-state index contributed by atoms with van der Waals surface area (Å²) in [7, 11) is 7.95. The van der Waals surface area contributed by atoms with Crippen molar-refractivity contribution in [2.24, 2.45) is 0 Å². The van der Waals surface area contributed by atoms with Crippen molar-refractivity contribution in [1.29, 1.82) is 0 Å². The van der Waals surface area contributed by atoms with Crippen molar-refractivity contribution in [3.8, 4) is 5.75 Å². The van der Waals surface area contributed by atoms with E-state index in [4.69, 9.17) is 14.9 Å².